The summed E-state index contributed by atoms with van der Waals surface area (Å²) in [6.07, 6.45) is 2.38. The van der Waals surface area contributed by atoms with E-state index in [1.54, 1.807) is 24.3 Å². The summed E-state index contributed by atoms with van der Waals surface area (Å²) in [5.74, 6) is 0.110. The van der Waals surface area contributed by atoms with E-state index in [1.165, 1.54) is 17.0 Å². The number of hydrogen-bond acceptors (Lipinski definition) is 8. The van der Waals surface area contributed by atoms with Crippen LogP contribution in [0.15, 0.2) is 60.9 Å². The van der Waals surface area contributed by atoms with E-state index < -0.39 is 11.0 Å². The van der Waals surface area contributed by atoms with Gasteiger partial charge in [-0.3, -0.25) is 0 Å². The largest absolute Gasteiger partial charge is 0.508 e. The second-order valence-electron chi connectivity index (χ2n) is 7.91. The first-order valence-corrected chi connectivity index (χ1v) is 10.7. The maximum absolute atomic E-state index is 11.1. The predicted octanol–water partition coefficient (Wildman–Crippen LogP) is 2.15. The third-order valence-electron chi connectivity index (χ3n) is 5.35. The van der Waals surface area contributed by atoms with Crippen molar-refractivity contribution in [3.05, 3.63) is 82.2 Å². The second-order valence-corrected chi connectivity index (χ2v) is 7.91. The Morgan fingerprint density at radius 1 is 0.971 bits per heavy atom. The molecule has 1 atom stereocenters. The van der Waals surface area contributed by atoms with Crippen molar-refractivity contribution in [2.75, 3.05) is 13.1 Å². The van der Waals surface area contributed by atoms with Gasteiger partial charge in [-0.25, -0.2) is 4.57 Å². The van der Waals surface area contributed by atoms with Gasteiger partial charge in [0.25, 0.3) is 0 Å². The number of aliphatic hydroxyl groups is 1. The number of hydrogen-bond donors (Lipinski definition) is 5. The Balaban J connectivity index is 0.00000408. The van der Waals surface area contributed by atoms with Gasteiger partial charge in [-0.15, -0.1) is 0 Å². The van der Waals surface area contributed by atoms with Crippen LogP contribution in [0.4, 0.5) is 5.95 Å². The first kappa shape index (κ1) is 27.4. The van der Waals surface area contributed by atoms with Gasteiger partial charge in [0, 0.05) is 44.3 Å². The number of imidazole rings is 1. The molecule has 34 heavy (non-hydrogen) atoms. The molecule has 1 unspecified atom stereocenters. The van der Waals surface area contributed by atoms with Gasteiger partial charge in [0.05, 0.1) is 12.6 Å². The summed E-state index contributed by atoms with van der Waals surface area (Å²) in [5.41, 5.74) is 1.54. The minimum absolute atomic E-state index is 0. The predicted molar refractivity (Wildman–Crippen MR) is 123 cm³/mol. The zero-order valence-corrected chi connectivity index (χ0v) is 20.4. The van der Waals surface area contributed by atoms with Crippen LogP contribution in [0.2, 0.25) is 0 Å². The number of phenolic OH excluding ortho intramolecular Hbond substituents is 2. The van der Waals surface area contributed by atoms with E-state index in [-0.39, 0.29) is 50.0 Å². The molecule has 0 saturated heterocycles. The Labute approximate surface area is 211 Å². The zero-order valence-electron chi connectivity index (χ0n) is 18.5. The summed E-state index contributed by atoms with van der Waals surface area (Å²) in [4.78, 5) is 14.2. The van der Waals surface area contributed by atoms with E-state index in [1.807, 2.05) is 24.3 Å². The number of nitrogens with one attached hydrogen (secondary N) is 2. The van der Waals surface area contributed by atoms with Crippen molar-refractivity contribution >= 4 is 5.95 Å². The molecule has 5 N–H and O–H groups in total. The molecule has 0 amide bonds. The van der Waals surface area contributed by atoms with Gasteiger partial charge in [-0.05, 0) is 42.5 Å². The normalized spacial score (nSPS) is 11.8. The molecular formula is C23H29N5O5Tc. The molecule has 1 radical (unpaired) electrons. The van der Waals surface area contributed by atoms with Crippen LogP contribution in [0.3, 0.4) is 0 Å². The molecular weight excluding hydrogens is 524 g/mol. The number of para-hydroxylation sites is 2. The molecule has 0 bridgehead atoms. The van der Waals surface area contributed by atoms with Crippen molar-refractivity contribution in [2.45, 2.75) is 32.2 Å². The van der Waals surface area contributed by atoms with Crippen LogP contribution in [-0.4, -0.2) is 49.0 Å². The van der Waals surface area contributed by atoms with E-state index in [2.05, 4.69) is 15.6 Å². The number of aliphatic hydroxyl groups excluding tert-OH is 1. The van der Waals surface area contributed by atoms with Crippen LogP contribution in [-0.2, 0) is 39.7 Å². The summed E-state index contributed by atoms with van der Waals surface area (Å²) in [5, 5.41) is 48.2. The number of aromatic nitrogens is 2. The fraction of sp³-hybridized carbons (Fsp3) is 0.348. The summed E-state index contributed by atoms with van der Waals surface area (Å²) in [6, 6.07) is 14.1. The number of aromatic hydroxyl groups is 2. The average Bonchev–Trinajstić information content (AvgIpc) is 3.24. The minimum Gasteiger partial charge on any atom is -0.508 e. The molecule has 11 heteroatoms. The van der Waals surface area contributed by atoms with Gasteiger partial charge in [0.15, 0.2) is 0 Å². The monoisotopic (exact) mass is 552 g/mol. The summed E-state index contributed by atoms with van der Waals surface area (Å²) in [6.45, 7) is 2.08. The van der Waals surface area contributed by atoms with Gasteiger partial charge < -0.3 is 36.1 Å². The standard InChI is InChI=1S/C23H29N5O5.Tc/c29-20(16-27-10-9-26-23(27)28(32)33)11-17(12-24-14-18-5-1-3-7-21(18)30)13-25-15-19-6-2-4-8-22(19)31;/h1-10,17,20,24-25,29-31H,11-16H2;. The molecule has 0 aliphatic heterocycles. The van der Waals surface area contributed by atoms with Crippen LogP contribution in [0, 0.1) is 16.0 Å². The van der Waals surface area contributed by atoms with Crippen molar-refractivity contribution in [2.24, 2.45) is 5.92 Å². The fourth-order valence-corrected chi connectivity index (χ4v) is 3.68. The Kier molecular flexibility index (Phi) is 11.1. The quantitative estimate of drug-likeness (QED) is 0.160. The minimum atomic E-state index is -0.818. The summed E-state index contributed by atoms with van der Waals surface area (Å²) in [7, 11) is 0. The van der Waals surface area contributed by atoms with Gasteiger partial charge >= 0.3 is 5.95 Å². The van der Waals surface area contributed by atoms with Crippen molar-refractivity contribution in [3.63, 3.8) is 0 Å². The molecule has 2 aromatic carbocycles. The maximum Gasteiger partial charge on any atom is 0.434 e. The fourth-order valence-electron chi connectivity index (χ4n) is 3.68. The summed E-state index contributed by atoms with van der Waals surface area (Å²) >= 11 is 0. The van der Waals surface area contributed by atoms with E-state index >= 15 is 0 Å². The molecule has 1 heterocycles. The van der Waals surface area contributed by atoms with Crippen LogP contribution in [0.5, 0.6) is 11.5 Å². The Morgan fingerprint density at radius 2 is 1.50 bits per heavy atom. The SMILES string of the molecule is O=[N+]([O-])c1nccn1CC(O)CC(CNCc1ccccc1O)CNCc1ccccc1O.[Tc]. The smallest absolute Gasteiger partial charge is 0.434 e. The topological polar surface area (TPSA) is 146 Å². The molecule has 0 aliphatic rings. The van der Waals surface area contributed by atoms with Gasteiger partial charge in [-0.1, -0.05) is 41.4 Å². The molecule has 0 fully saturated rings. The van der Waals surface area contributed by atoms with Crippen molar-refractivity contribution in [1.29, 1.82) is 0 Å². The molecule has 183 valence electrons. The van der Waals surface area contributed by atoms with Gasteiger partial charge in [0.2, 0.25) is 0 Å². The molecule has 1 aromatic heterocycles. The second kappa shape index (κ2) is 13.8. The molecule has 0 saturated carbocycles. The number of phenols is 2. The number of rotatable bonds is 13. The average molecular weight is 554 g/mol. The van der Waals surface area contributed by atoms with Crippen molar-refractivity contribution in [1.82, 2.24) is 20.2 Å². The van der Waals surface area contributed by atoms with Crippen LogP contribution in [0.1, 0.15) is 17.5 Å². The van der Waals surface area contributed by atoms with E-state index in [4.69, 9.17) is 0 Å². The zero-order chi connectivity index (χ0) is 23.6. The maximum atomic E-state index is 11.1. The number of nitrogens with zero attached hydrogens (tertiary/aromatic N) is 3. The van der Waals surface area contributed by atoms with Gasteiger partial charge in [-0.2, -0.15) is 0 Å². The Bertz CT molecular complexity index is 996. The number of nitro groups is 1. The Hall–Kier alpha value is -2.82. The van der Waals surface area contributed by atoms with Crippen LogP contribution >= 0.6 is 0 Å². The van der Waals surface area contributed by atoms with Crippen LogP contribution < -0.4 is 10.6 Å². The van der Waals surface area contributed by atoms with E-state index in [0.29, 0.717) is 32.6 Å². The first-order chi connectivity index (χ1) is 15.9. The van der Waals surface area contributed by atoms with Crippen molar-refractivity contribution in [3.8, 4) is 11.5 Å². The van der Waals surface area contributed by atoms with E-state index in [0.717, 1.165) is 11.1 Å². The van der Waals surface area contributed by atoms with Crippen LogP contribution in [0.25, 0.3) is 0 Å². The van der Waals surface area contributed by atoms with Crippen molar-refractivity contribution < 1.29 is 40.3 Å². The van der Waals surface area contributed by atoms with Gasteiger partial charge in [0.1, 0.15) is 23.9 Å². The number of benzene rings is 2. The molecule has 3 aromatic rings. The summed E-state index contributed by atoms with van der Waals surface area (Å²) < 4.78 is 1.33. The molecule has 3 rings (SSSR count). The Morgan fingerprint density at radius 3 is 2.00 bits per heavy atom. The third kappa shape index (κ3) is 8.19. The first-order valence-electron chi connectivity index (χ1n) is 10.7. The van der Waals surface area contributed by atoms with E-state index in [9.17, 15) is 25.4 Å². The molecule has 10 nitrogen and oxygen atoms in total. The molecule has 0 spiro atoms. The molecule has 0 aliphatic carbocycles. The third-order valence-corrected chi connectivity index (χ3v) is 5.35.